The summed E-state index contributed by atoms with van der Waals surface area (Å²) in [5.41, 5.74) is -0.160. The number of hydrogen-bond acceptors (Lipinski definition) is 5. The number of carbonyl (C=O) groups excluding carboxylic acids is 1. The van der Waals surface area contributed by atoms with Gasteiger partial charge in [-0.25, -0.2) is 4.79 Å². The molecule has 9 heteroatoms. The summed E-state index contributed by atoms with van der Waals surface area (Å²) in [6.45, 7) is 0.327. The quantitative estimate of drug-likeness (QED) is 0.553. The van der Waals surface area contributed by atoms with Crippen LogP contribution >= 0.6 is 11.6 Å². The van der Waals surface area contributed by atoms with E-state index in [1.807, 2.05) is 0 Å². The fourth-order valence-electron chi connectivity index (χ4n) is 3.20. The number of carbonyl (C=O) groups is 1. The highest BCUT2D eigenvalue weighted by Gasteiger charge is 2.16. The van der Waals surface area contributed by atoms with Crippen LogP contribution in [0.2, 0.25) is 5.02 Å². The summed E-state index contributed by atoms with van der Waals surface area (Å²) in [6.07, 6.45) is 0.496. The van der Waals surface area contributed by atoms with Crippen molar-refractivity contribution in [3.8, 4) is 5.75 Å². The molecule has 0 saturated carbocycles. The van der Waals surface area contributed by atoms with Crippen LogP contribution in [0, 0.1) is 0 Å². The van der Waals surface area contributed by atoms with Crippen molar-refractivity contribution in [3.05, 3.63) is 68.3 Å². The Labute approximate surface area is 177 Å². The lowest BCUT2D eigenvalue weighted by Crippen LogP contribution is -2.42. The zero-order valence-electron chi connectivity index (χ0n) is 16.7. The lowest BCUT2D eigenvalue weighted by atomic mass is 10.2. The number of fused-ring (bicyclic) bond motifs is 1. The molecule has 0 saturated heterocycles. The topological polar surface area (TPSA) is 91.6 Å². The van der Waals surface area contributed by atoms with Gasteiger partial charge in [-0.05, 0) is 36.8 Å². The molecule has 0 spiro atoms. The Morgan fingerprint density at radius 3 is 2.60 bits per heavy atom. The van der Waals surface area contributed by atoms with Crippen molar-refractivity contribution in [2.75, 3.05) is 26.1 Å². The van der Waals surface area contributed by atoms with E-state index in [9.17, 15) is 14.4 Å². The second-order valence-electron chi connectivity index (χ2n) is 6.58. The van der Waals surface area contributed by atoms with E-state index in [-0.39, 0.29) is 18.6 Å². The van der Waals surface area contributed by atoms with Crippen LogP contribution in [0.25, 0.3) is 10.9 Å². The van der Waals surface area contributed by atoms with Crippen molar-refractivity contribution in [2.24, 2.45) is 0 Å². The SMILES string of the molecule is COCCCn1c(=O)c2ccccc2n(CC(=O)Nc2cc(Cl)ccc2OC)c1=O. The average molecular weight is 432 g/mol. The minimum absolute atomic E-state index is 0.195. The number of amides is 1. The number of benzene rings is 2. The largest absolute Gasteiger partial charge is 0.495 e. The van der Waals surface area contributed by atoms with E-state index in [4.69, 9.17) is 21.1 Å². The normalized spacial score (nSPS) is 10.9. The molecule has 0 aliphatic heterocycles. The summed E-state index contributed by atoms with van der Waals surface area (Å²) >= 11 is 6.01. The van der Waals surface area contributed by atoms with Crippen LogP contribution in [-0.4, -0.2) is 35.9 Å². The molecule has 2 aromatic carbocycles. The van der Waals surface area contributed by atoms with Gasteiger partial charge < -0.3 is 14.8 Å². The number of nitrogens with one attached hydrogen (secondary N) is 1. The van der Waals surface area contributed by atoms with Crippen molar-refractivity contribution in [2.45, 2.75) is 19.5 Å². The van der Waals surface area contributed by atoms with Crippen LogP contribution in [0.15, 0.2) is 52.1 Å². The predicted octanol–water partition coefficient (Wildman–Crippen LogP) is 2.50. The Morgan fingerprint density at radius 1 is 1.10 bits per heavy atom. The second kappa shape index (κ2) is 9.60. The molecule has 1 N–H and O–H groups in total. The van der Waals surface area contributed by atoms with E-state index >= 15 is 0 Å². The van der Waals surface area contributed by atoms with Crippen LogP contribution in [-0.2, 0) is 22.6 Å². The molecule has 0 radical (unpaired) electrons. The molecule has 3 rings (SSSR count). The minimum Gasteiger partial charge on any atom is -0.495 e. The maximum Gasteiger partial charge on any atom is 0.331 e. The fraction of sp³-hybridized carbons (Fsp3) is 0.286. The molecule has 0 atom stereocenters. The Kier molecular flexibility index (Phi) is 6.91. The van der Waals surface area contributed by atoms with Gasteiger partial charge in [0.05, 0.1) is 23.7 Å². The highest BCUT2D eigenvalue weighted by atomic mass is 35.5. The standard InChI is InChI=1S/C21H22ClN3O5/c1-29-11-5-10-24-20(27)15-6-3-4-7-17(15)25(21(24)28)13-19(26)23-16-12-14(22)8-9-18(16)30-2/h3-4,6-9,12H,5,10-11,13H2,1-2H3,(H,23,26). The molecule has 3 aromatic rings. The number of ether oxygens (including phenoxy) is 2. The fourth-order valence-corrected chi connectivity index (χ4v) is 3.37. The lowest BCUT2D eigenvalue weighted by Gasteiger charge is -2.15. The number of para-hydroxylation sites is 1. The number of nitrogens with zero attached hydrogens (tertiary/aromatic N) is 2. The summed E-state index contributed by atoms with van der Waals surface area (Å²) in [6, 6.07) is 11.5. The molecule has 0 aliphatic carbocycles. The summed E-state index contributed by atoms with van der Waals surface area (Å²) in [4.78, 5) is 38.5. The van der Waals surface area contributed by atoms with Gasteiger partial charge in [0.25, 0.3) is 5.56 Å². The number of methoxy groups -OCH3 is 2. The number of halogens is 1. The molecule has 158 valence electrons. The molecular weight excluding hydrogens is 410 g/mol. The van der Waals surface area contributed by atoms with E-state index < -0.39 is 11.6 Å². The third-order valence-corrected chi connectivity index (χ3v) is 4.83. The van der Waals surface area contributed by atoms with Crippen LogP contribution in [0.4, 0.5) is 5.69 Å². The average Bonchev–Trinajstić information content (AvgIpc) is 2.74. The smallest absolute Gasteiger partial charge is 0.331 e. The van der Waals surface area contributed by atoms with Gasteiger partial charge in [0, 0.05) is 25.3 Å². The first-order chi connectivity index (χ1) is 14.5. The van der Waals surface area contributed by atoms with Gasteiger partial charge in [0.1, 0.15) is 12.3 Å². The second-order valence-corrected chi connectivity index (χ2v) is 7.02. The van der Waals surface area contributed by atoms with Crippen LogP contribution in [0.5, 0.6) is 5.75 Å². The maximum absolute atomic E-state index is 13.0. The molecule has 8 nitrogen and oxygen atoms in total. The number of anilines is 1. The molecule has 0 fully saturated rings. The first-order valence-electron chi connectivity index (χ1n) is 9.31. The summed E-state index contributed by atoms with van der Waals surface area (Å²) in [5, 5.41) is 3.51. The third kappa shape index (κ3) is 4.55. The van der Waals surface area contributed by atoms with E-state index in [0.29, 0.717) is 40.4 Å². The molecule has 1 heterocycles. The number of rotatable bonds is 8. The number of aromatic nitrogens is 2. The van der Waals surface area contributed by atoms with Gasteiger partial charge in [-0.15, -0.1) is 0 Å². The monoisotopic (exact) mass is 431 g/mol. The van der Waals surface area contributed by atoms with Gasteiger partial charge in [0.2, 0.25) is 5.91 Å². The van der Waals surface area contributed by atoms with E-state index in [1.54, 1.807) is 49.6 Å². The number of hydrogen-bond donors (Lipinski definition) is 1. The molecule has 1 amide bonds. The van der Waals surface area contributed by atoms with Crippen molar-refractivity contribution >= 4 is 34.1 Å². The Balaban J connectivity index is 1.99. The maximum atomic E-state index is 13.0. The third-order valence-electron chi connectivity index (χ3n) is 4.60. The highest BCUT2D eigenvalue weighted by molar-refractivity contribution is 6.31. The van der Waals surface area contributed by atoms with Crippen molar-refractivity contribution in [1.82, 2.24) is 9.13 Å². The molecule has 30 heavy (non-hydrogen) atoms. The van der Waals surface area contributed by atoms with E-state index in [1.165, 1.54) is 11.7 Å². The first-order valence-corrected chi connectivity index (χ1v) is 9.68. The van der Waals surface area contributed by atoms with Crippen molar-refractivity contribution in [3.63, 3.8) is 0 Å². The highest BCUT2D eigenvalue weighted by Crippen LogP contribution is 2.27. The van der Waals surface area contributed by atoms with E-state index in [2.05, 4.69) is 5.32 Å². The zero-order valence-corrected chi connectivity index (χ0v) is 17.4. The first kappa shape index (κ1) is 21.6. The van der Waals surface area contributed by atoms with E-state index in [0.717, 1.165) is 4.57 Å². The van der Waals surface area contributed by atoms with Gasteiger partial charge in [-0.1, -0.05) is 23.7 Å². The Hall–Kier alpha value is -3.10. The van der Waals surface area contributed by atoms with Crippen LogP contribution in [0.1, 0.15) is 6.42 Å². The molecule has 0 aliphatic rings. The van der Waals surface area contributed by atoms with Crippen molar-refractivity contribution in [1.29, 1.82) is 0 Å². The lowest BCUT2D eigenvalue weighted by molar-refractivity contribution is -0.116. The zero-order chi connectivity index (χ0) is 21.7. The summed E-state index contributed by atoms with van der Waals surface area (Å²) < 4.78 is 12.7. The van der Waals surface area contributed by atoms with Gasteiger partial charge >= 0.3 is 5.69 Å². The Bertz CT molecular complexity index is 1190. The van der Waals surface area contributed by atoms with Gasteiger partial charge in [-0.3, -0.25) is 18.7 Å². The van der Waals surface area contributed by atoms with Gasteiger partial charge in [-0.2, -0.15) is 0 Å². The Morgan fingerprint density at radius 2 is 1.87 bits per heavy atom. The molecule has 0 bridgehead atoms. The predicted molar refractivity (Wildman–Crippen MR) is 116 cm³/mol. The van der Waals surface area contributed by atoms with Crippen molar-refractivity contribution < 1.29 is 14.3 Å². The molecule has 1 aromatic heterocycles. The minimum atomic E-state index is -0.553. The van der Waals surface area contributed by atoms with Gasteiger partial charge in [0.15, 0.2) is 0 Å². The molecular formula is C21H22ClN3O5. The summed E-state index contributed by atoms with van der Waals surface area (Å²) in [5.74, 6) is -0.0144. The summed E-state index contributed by atoms with van der Waals surface area (Å²) in [7, 11) is 3.03. The van der Waals surface area contributed by atoms with Crippen LogP contribution in [0.3, 0.4) is 0 Å². The van der Waals surface area contributed by atoms with Crippen LogP contribution < -0.4 is 21.3 Å². The molecule has 0 unspecified atom stereocenters.